The third kappa shape index (κ3) is 1.58. The maximum absolute atomic E-state index is 12.6. The molecule has 0 radical (unpaired) electrons. The molecule has 0 aliphatic heterocycles. The van der Waals surface area contributed by atoms with Crippen LogP contribution in [0.1, 0.15) is 0 Å². The van der Waals surface area contributed by atoms with E-state index in [1.807, 2.05) is 5.43 Å². The van der Waals surface area contributed by atoms with Crippen molar-refractivity contribution >= 4 is 17.3 Å². The van der Waals surface area contributed by atoms with E-state index in [4.69, 9.17) is 17.4 Å². The van der Waals surface area contributed by atoms with Crippen LogP contribution in [0.3, 0.4) is 0 Å². The van der Waals surface area contributed by atoms with E-state index < -0.39 is 11.6 Å². The monoisotopic (exact) mass is 178 g/mol. The van der Waals surface area contributed by atoms with Crippen LogP contribution >= 0.6 is 11.6 Å². The summed E-state index contributed by atoms with van der Waals surface area (Å²) in [7, 11) is 0. The van der Waals surface area contributed by atoms with E-state index >= 15 is 0 Å². The van der Waals surface area contributed by atoms with Gasteiger partial charge in [0.15, 0.2) is 11.6 Å². The first kappa shape index (κ1) is 8.23. The van der Waals surface area contributed by atoms with E-state index in [9.17, 15) is 8.78 Å². The van der Waals surface area contributed by atoms with Crippen molar-refractivity contribution in [2.24, 2.45) is 5.84 Å². The lowest BCUT2D eigenvalue weighted by molar-refractivity contribution is 0.589. The average Bonchev–Trinajstić information content (AvgIpc) is 1.85. The topological polar surface area (TPSA) is 38.0 Å². The fourth-order valence-corrected chi connectivity index (χ4v) is 0.872. The summed E-state index contributed by atoms with van der Waals surface area (Å²) in [5.74, 6) is 3.21. The van der Waals surface area contributed by atoms with Crippen LogP contribution in [0.25, 0.3) is 0 Å². The highest BCUT2D eigenvalue weighted by molar-refractivity contribution is 6.30. The normalized spacial score (nSPS) is 9.82. The molecule has 0 spiro atoms. The molecule has 0 aromatic heterocycles. The maximum Gasteiger partial charge on any atom is 0.152 e. The summed E-state index contributed by atoms with van der Waals surface area (Å²) >= 11 is 5.33. The van der Waals surface area contributed by atoms with E-state index in [1.165, 1.54) is 0 Å². The van der Waals surface area contributed by atoms with Gasteiger partial charge in [-0.05, 0) is 12.1 Å². The molecule has 1 aromatic carbocycles. The van der Waals surface area contributed by atoms with Crippen molar-refractivity contribution in [2.75, 3.05) is 5.43 Å². The lowest BCUT2D eigenvalue weighted by Crippen LogP contribution is -2.10. The van der Waals surface area contributed by atoms with E-state index in [0.29, 0.717) is 0 Å². The summed E-state index contributed by atoms with van der Waals surface area (Å²) < 4.78 is 25.3. The summed E-state index contributed by atoms with van der Waals surface area (Å²) in [6.45, 7) is 0. The second kappa shape index (κ2) is 3.02. The van der Waals surface area contributed by atoms with E-state index in [0.717, 1.165) is 12.1 Å². The highest BCUT2D eigenvalue weighted by atomic mass is 35.5. The van der Waals surface area contributed by atoms with Gasteiger partial charge in [0.05, 0.1) is 0 Å². The number of hydrogen-bond donors (Lipinski definition) is 2. The van der Waals surface area contributed by atoms with Crippen molar-refractivity contribution in [3.05, 3.63) is 28.8 Å². The molecule has 3 N–H and O–H groups in total. The summed E-state index contributed by atoms with van der Waals surface area (Å²) in [5.41, 5.74) is 1.50. The molecule has 5 heteroatoms. The molecule has 11 heavy (non-hydrogen) atoms. The Morgan fingerprint density at radius 2 is 1.73 bits per heavy atom. The first-order valence-electron chi connectivity index (χ1n) is 2.76. The molecule has 0 aliphatic carbocycles. The number of rotatable bonds is 1. The molecule has 1 rings (SSSR count). The first-order chi connectivity index (χ1) is 5.15. The van der Waals surface area contributed by atoms with Crippen molar-refractivity contribution < 1.29 is 8.78 Å². The number of nitrogens with two attached hydrogens (primary N) is 1. The molecule has 0 aliphatic rings. The van der Waals surface area contributed by atoms with Gasteiger partial charge in [-0.25, -0.2) is 8.78 Å². The van der Waals surface area contributed by atoms with Gasteiger partial charge in [-0.15, -0.1) is 0 Å². The molecule has 60 valence electrons. The summed E-state index contributed by atoms with van der Waals surface area (Å²) in [4.78, 5) is 0. The molecular formula is C6H5ClF2N2. The number of halogens is 3. The van der Waals surface area contributed by atoms with Gasteiger partial charge in [0.1, 0.15) is 5.69 Å². The summed E-state index contributed by atoms with van der Waals surface area (Å²) in [6, 6.07) is 1.94. The SMILES string of the molecule is NNc1c(F)cc(Cl)cc1F. The van der Waals surface area contributed by atoms with Crippen molar-refractivity contribution in [3.63, 3.8) is 0 Å². The summed E-state index contributed by atoms with van der Waals surface area (Å²) in [5, 5.41) is -0.000926. The minimum Gasteiger partial charge on any atom is -0.319 e. The zero-order valence-corrected chi connectivity index (χ0v) is 6.12. The van der Waals surface area contributed by atoms with Gasteiger partial charge in [0.25, 0.3) is 0 Å². The van der Waals surface area contributed by atoms with Gasteiger partial charge in [0, 0.05) is 5.02 Å². The zero-order valence-electron chi connectivity index (χ0n) is 5.37. The third-order valence-corrected chi connectivity index (χ3v) is 1.37. The number of benzene rings is 1. The molecule has 2 nitrogen and oxygen atoms in total. The fourth-order valence-electron chi connectivity index (χ4n) is 0.680. The smallest absolute Gasteiger partial charge is 0.152 e. The Balaban J connectivity index is 3.25. The molecule has 0 heterocycles. The lowest BCUT2D eigenvalue weighted by Gasteiger charge is -2.02. The van der Waals surface area contributed by atoms with E-state index in [1.54, 1.807) is 0 Å². The van der Waals surface area contributed by atoms with Gasteiger partial charge in [-0.1, -0.05) is 11.6 Å². The van der Waals surface area contributed by atoms with Gasteiger partial charge < -0.3 is 5.43 Å². The van der Waals surface area contributed by atoms with Crippen molar-refractivity contribution in [3.8, 4) is 0 Å². The molecule has 0 saturated heterocycles. The predicted octanol–water partition coefficient (Wildman–Crippen LogP) is 1.90. The molecule has 0 bridgehead atoms. The van der Waals surface area contributed by atoms with Crippen LogP contribution in [-0.2, 0) is 0 Å². The Labute approximate surface area is 66.9 Å². The third-order valence-electron chi connectivity index (χ3n) is 1.15. The maximum atomic E-state index is 12.6. The van der Waals surface area contributed by atoms with Crippen LogP contribution in [0.4, 0.5) is 14.5 Å². The largest absolute Gasteiger partial charge is 0.319 e. The number of hydrogen-bond acceptors (Lipinski definition) is 2. The van der Waals surface area contributed by atoms with Gasteiger partial charge in [0.2, 0.25) is 0 Å². The predicted molar refractivity (Wildman–Crippen MR) is 39.2 cm³/mol. The number of nitrogen functional groups attached to an aromatic ring is 1. The molecule has 1 aromatic rings. The van der Waals surface area contributed by atoms with Crippen LogP contribution in [0.2, 0.25) is 5.02 Å². The first-order valence-corrected chi connectivity index (χ1v) is 3.14. The Bertz CT molecular complexity index is 254. The highest BCUT2D eigenvalue weighted by Crippen LogP contribution is 2.21. The molecular weight excluding hydrogens is 174 g/mol. The minimum atomic E-state index is -0.808. The molecule has 0 fully saturated rings. The van der Waals surface area contributed by atoms with Gasteiger partial charge in [-0.3, -0.25) is 5.84 Å². The Morgan fingerprint density at radius 3 is 2.09 bits per heavy atom. The van der Waals surface area contributed by atoms with Crippen molar-refractivity contribution in [2.45, 2.75) is 0 Å². The average molecular weight is 179 g/mol. The molecule has 0 amide bonds. The van der Waals surface area contributed by atoms with E-state index in [2.05, 4.69) is 0 Å². The van der Waals surface area contributed by atoms with Crippen LogP contribution in [0, 0.1) is 11.6 Å². The van der Waals surface area contributed by atoms with Crippen LogP contribution in [0.5, 0.6) is 0 Å². The highest BCUT2D eigenvalue weighted by Gasteiger charge is 2.07. The summed E-state index contributed by atoms with van der Waals surface area (Å²) in [6.07, 6.45) is 0. The second-order valence-electron chi connectivity index (χ2n) is 1.89. The number of hydrazine groups is 1. The molecule has 0 saturated carbocycles. The Hall–Kier alpha value is -0.870. The standard InChI is InChI=1S/C6H5ClF2N2/c7-3-1-4(8)6(11-10)5(9)2-3/h1-2,11H,10H2. The molecule has 0 unspecified atom stereocenters. The van der Waals surface area contributed by atoms with Gasteiger partial charge in [-0.2, -0.15) is 0 Å². The fraction of sp³-hybridized carbons (Fsp3) is 0. The van der Waals surface area contributed by atoms with Crippen LogP contribution in [-0.4, -0.2) is 0 Å². The van der Waals surface area contributed by atoms with Crippen LogP contribution in [0.15, 0.2) is 12.1 Å². The Morgan fingerprint density at radius 1 is 1.27 bits per heavy atom. The number of nitrogens with one attached hydrogen (secondary N) is 1. The Kier molecular flexibility index (Phi) is 2.26. The molecule has 0 atom stereocenters. The van der Waals surface area contributed by atoms with E-state index in [-0.39, 0.29) is 10.7 Å². The van der Waals surface area contributed by atoms with Crippen molar-refractivity contribution in [1.29, 1.82) is 0 Å². The van der Waals surface area contributed by atoms with Gasteiger partial charge >= 0.3 is 0 Å². The lowest BCUT2D eigenvalue weighted by atomic mass is 10.3. The minimum absolute atomic E-state index is 0.000926. The van der Waals surface area contributed by atoms with Crippen molar-refractivity contribution in [1.82, 2.24) is 0 Å². The van der Waals surface area contributed by atoms with Crippen LogP contribution < -0.4 is 11.3 Å². The zero-order chi connectivity index (χ0) is 8.43. The quantitative estimate of drug-likeness (QED) is 0.509. The number of anilines is 1. The second-order valence-corrected chi connectivity index (χ2v) is 2.33.